The second kappa shape index (κ2) is 28.7. The summed E-state index contributed by atoms with van der Waals surface area (Å²) in [7, 11) is 0. The molecule has 4 heteroatoms. The number of hydrogen-bond acceptors (Lipinski definition) is 2. The molecule has 20 rings (SSSR count). The van der Waals surface area contributed by atoms with Gasteiger partial charge in [0.25, 0.3) is 0 Å². The summed E-state index contributed by atoms with van der Waals surface area (Å²) >= 11 is 0. The number of para-hydroxylation sites is 2. The average Bonchev–Trinajstić information content (AvgIpc) is 1.62. The fourth-order valence-electron chi connectivity index (χ4n) is 18.0. The molecule has 18 aromatic rings. The summed E-state index contributed by atoms with van der Waals surface area (Å²) in [5, 5.41) is 4.98. The summed E-state index contributed by atoms with van der Waals surface area (Å²) in [4.78, 5) is 4.79. The Morgan fingerprint density at radius 2 is 0.605 bits per heavy atom. The third kappa shape index (κ3) is 12.3. The maximum atomic E-state index is 4.08. The van der Waals surface area contributed by atoms with E-state index >= 15 is 0 Å². The number of aryl methyl sites for hydroxylation is 1. The predicted octanol–water partition coefficient (Wildman–Crippen LogP) is 30.3. The van der Waals surface area contributed by atoms with Gasteiger partial charge in [-0.05, 0) is 251 Å². The molecule has 0 atom stereocenters. The van der Waals surface area contributed by atoms with Gasteiger partial charge in [0, 0.05) is 77.9 Å². The first-order chi connectivity index (χ1) is 55.8. The van der Waals surface area contributed by atoms with Gasteiger partial charge in [-0.2, -0.15) is 0 Å². The van der Waals surface area contributed by atoms with Crippen molar-refractivity contribution in [1.82, 2.24) is 9.13 Å². The Hall–Kier alpha value is -14.1. The van der Waals surface area contributed by atoms with Crippen LogP contribution in [0.4, 0.5) is 34.1 Å². The number of nitrogens with zero attached hydrogens (tertiary/aromatic N) is 4. The van der Waals surface area contributed by atoms with Gasteiger partial charge in [0.2, 0.25) is 0 Å². The standard InChI is InChI=1S/C55H44N2.C55H42N2/c1-5-37-32-38(6-2)34-46(33-37)57-53-19-13-11-17-49(53)50-35-42(24-31-54(50)57)41-22-27-44(28-23-41)56(43-25-20-40(21-26-43)39-14-8-7-9-15-39)45-29-30-48-47-16-10-12-18-51(47)55(3,4)52(48)36-45;1-5-37-16-24-45(25-17-37)57-53-15-11-10-14-49(53)50-35-42(23-33-54(50)57)41-21-28-44(29-22-41)56(43-26-19-40(20-27-43)39-12-8-7-9-13-39)46-30-32-48-47-31-18-38(6-2)34-51(47)55(3,4)52(48)36-46/h5,7-36H,1,6H2,2-4H3;5-36H,1-2H2,3-4H3. The van der Waals surface area contributed by atoms with Gasteiger partial charge < -0.3 is 18.9 Å². The number of anilines is 6. The highest BCUT2D eigenvalue weighted by Crippen LogP contribution is 2.54. The van der Waals surface area contributed by atoms with E-state index in [2.05, 4.69) is 437 Å². The maximum Gasteiger partial charge on any atom is 0.0541 e. The van der Waals surface area contributed by atoms with E-state index in [0.717, 1.165) is 62.9 Å². The maximum absolute atomic E-state index is 4.08. The number of fused-ring (bicyclic) bond motifs is 12. The molecule has 0 saturated heterocycles. The lowest BCUT2D eigenvalue weighted by Gasteiger charge is -2.28. The Morgan fingerprint density at radius 3 is 1.07 bits per heavy atom. The summed E-state index contributed by atoms with van der Waals surface area (Å²) in [6, 6.07) is 133. The van der Waals surface area contributed by atoms with Crippen molar-refractivity contribution >= 4 is 96.0 Å². The first-order valence-corrected chi connectivity index (χ1v) is 39.7. The van der Waals surface area contributed by atoms with E-state index in [0.29, 0.717) is 0 Å². The number of rotatable bonds is 16. The first kappa shape index (κ1) is 70.3. The van der Waals surface area contributed by atoms with Crippen LogP contribution in [0.1, 0.15) is 79.1 Å². The first-order valence-electron chi connectivity index (χ1n) is 39.7. The summed E-state index contributed by atoms with van der Waals surface area (Å²) in [6.07, 6.45) is 6.75. The monoisotopic (exact) mass is 1460 g/mol. The molecule has 114 heavy (non-hydrogen) atoms. The number of aromatic nitrogens is 2. The molecule has 2 aliphatic rings. The Balaban J connectivity index is 0.000000153. The lowest BCUT2D eigenvalue weighted by Crippen LogP contribution is -2.16. The minimum Gasteiger partial charge on any atom is -0.310 e. The summed E-state index contributed by atoms with van der Waals surface area (Å²) in [5.41, 5.74) is 38.6. The highest BCUT2D eigenvalue weighted by atomic mass is 15.1. The third-order valence-corrected chi connectivity index (χ3v) is 24.0. The van der Waals surface area contributed by atoms with E-state index in [1.54, 1.807) is 0 Å². The van der Waals surface area contributed by atoms with E-state index in [9.17, 15) is 0 Å². The van der Waals surface area contributed by atoms with Gasteiger partial charge in [-0.15, -0.1) is 0 Å². The van der Waals surface area contributed by atoms with Crippen molar-refractivity contribution in [2.45, 2.75) is 51.9 Å². The van der Waals surface area contributed by atoms with Gasteiger partial charge in [-0.25, -0.2) is 0 Å². The van der Waals surface area contributed by atoms with Crippen LogP contribution in [0.3, 0.4) is 0 Å². The Kier molecular flexibility index (Phi) is 17.7. The Morgan fingerprint density at radius 1 is 0.254 bits per heavy atom. The second-order valence-corrected chi connectivity index (χ2v) is 31.3. The average molecular weight is 1460 g/mol. The SMILES string of the molecule is C=Cc1cc(CC)cc(-n2c3ccccc3c3cc(-c4ccc(N(c5ccc(-c6ccccc6)cc5)c5ccc6c(c5)C(C)(C)c5ccccc5-6)cc4)ccc32)c1.C=Cc1ccc(-n2c3ccccc3c3cc(-c4ccc(N(c5ccc(-c6ccccc6)cc5)c5ccc6c(c5)C(C)(C)c5cc(C=C)ccc5-6)cc4)ccc32)cc1. The molecule has 16 aromatic carbocycles. The molecule has 2 heterocycles. The lowest BCUT2D eigenvalue weighted by atomic mass is 9.81. The molecule has 0 radical (unpaired) electrons. The van der Waals surface area contributed by atoms with Crippen LogP contribution >= 0.6 is 0 Å². The molecule has 0 unspecified atom stereocenters. The van der Waals surface area contributed by atoms with Crippen LogP contribution in [0.15, 0.2) is 384 Å². The van der Waals surface area contributed by atoms with E-state index in [4.69, 9.17) is 0 Å². The Bertz CT molecular complexity index is 6770. The smallest absolute Gasteiger partial charge is 0.0541 e. The highest BCUT2D eigenvalue weighted by molar-refractivity contribution is 6.12. The van der Waals surface area contributed by atoms with E-state index in [1.807, 2.05) is 18.2 Å². The fourth-order valence-corrected chi connectivity index (χ4v) is 18.0. The number of hydrogen-bond donors (Lipinski definition) is 0. The largest absolute Gasteiger partial charge is 0.310 e. The summed E-state index contributed by atoms with van der Waals surface area (Å²) < 4.78 is 4.77. The normalized spacial score (nSPS) is 12.7. The zero-order chi connectivity index (χ0) is 77.3. The van der Waals surface area contributed by atoms with Crippen molar-refractivity contribution in [1.29, 1.82) is 0 Å². The van der Waals surface area contributed by atoms with E-state index < -0.39 is 0 Å². The van der Waals surface area contributed by atoms with Gasteiger partial charge >= 0.3 is 0 Å². The molecule has 4 nitrogen and oxygen atoms in total. The molecular formula is C110H86N4. The van der Waals surface area contributed by atoms with Crippen LogP contribution in [0, 0.1) is 0 Å². The summed E-state index contributed by atoms with van der Waals surface area (Å²) in [5.74, 6) is 0. The molecule has 0 spiro atoms. The fraction of sp³-hybridized carbons (Fsp3) is 0.0727. The van der Waals surface area contributed by atoms with Crippen LogP contribution in [-0.4, -0.2) is 9.13 Å². The highest BCUT2D eigenvalue weighted by Gasteiger charge is 2.38. The molecule has 0 saturated carbocycles. The van der Waals surface area contributed by atoms with Crippen LogP contribution in [-0.2, 0) is 17.3 Å². The molecule has 0 amide bonds. The molecule has 546 valence electrons. The van der Waals surface area contributed by atoms with Crippen molar-refractivity contribution < 1.29 is 0 Å². The quantitative estimate of drug-likeness (QED) is 0.0959. The van der Waals surface area contributed by atoms with Crippen LogP contribution < -0.4 is 9.80 Å². The van der Waals surface area contributed by atoms with Gasteiger partial charge in [-0.1, -0.05) is 303 Å². The second-order valence-electron chi connectivity index (χ2n) is 31.3. The molecule has 2 aliphatic carbocycles. The van der Waals surface area contributed by atoms with Crippen LogP contribution in [0.5, 0.6) is 0 Å². The topological polar surface area (TPSA) is 16.3 Å². The number of benzene rings is 16. The van der Waals surface area contributed by atoms with Gasteiger partial charge in [0.15, 0.2) is 0 Å². The van der Waals surface area contributed by atoms with Crippen LogP contribution in [0.2, 0.25) is 0 Å². The van der Waals surface area contributed by atoms with Crippen molar-refractivity contribution in [3.63, 3.8) is 0 Å². The zero-order valence-electron chi connectivity index (χ0n) is 65.0. The van der Waals surface area contributed by atoms with E-state index in [1.165, 1.54) is 144 Å². The molecule has 0 N–H and O–H groups in total. The lowest BCUT2D eigenvalue weighted by molar-refractivity contribution is 0.660. The van der Waals surface area contributed by atoms with Gasteiger partial charge in [-0.3, -0.25) is 0 Å². The Labute approximate surface area is 668 Å². The molecule has 0 aliphatic heterocycles. The van der Waals surface area contributed by atoms with Crippen molar-refractivity contribution in [3.8, 4) is 78.1 Å². The molecule has 2 aromatic heterocycles. The molecular weight excluding hydrogens is 1380 g/mol. The van der Waals surface area contributed by atoms with Gasteiger partial charge in [0.1, 0.15) is 0 Å². The molecule has 0 bridgehead atoms. The molecule has 0 fully saturated rings. The zero-order valence-corrected chi connectivity index (χ0v) is 65.0. The predicted molar refractivity (Wildman–Crippen MR) is 487 cm³/mol. The van der Waals surface area contributed by atoms with Crippen LogP contribution in [0.25, 0.3) is 140 Å². The van der Waals surface area contributed by atoms with Crippen molar-refractivity contribution in [2.24, 2.45) is 0 Å². The minimum atomic E-state index is -0.150. The van der Waals surface area contributed by atoms with Crippen molar-refractivity contribution in [3.05, 3.63) is 428 Å². The van der Waals surface area contributed by atoms with E-state index in [-0.39, 0.29) is 10.8 Å². The summed E-state index contributed by atoms with van der Waals surface area (Å²) in [6.45, 7) is 23.7. The van der Waals surface area contributed by atoms with Crippen molar-refractivity contribution in [2.75, 3.05) is 9.80 Å². The third-order valence-electron chi connectivity index (χ3n) is 24.0. The minimum absolute atomic E-state index is 0.0941. The van der Waals surface area contributed by atoms with Gasteiger partial charge in [0.05, 0.1) is 22.1 Å².